The maximum atomic E-state index is 13.2. The Morgan fingerprint density at radius 1 is 1.35 bits per heavy atom. The minimum Gasteiger partial charge on any atom is -0.504 e. The van der Waals surface area contributed by atoms with Gasteiger partial charge in [-0.3, -0.25) is 9.59 Å². The summed E-state index contributed by atoms with van der Waals surface area (Å²) in [5.74, 6) is -4.80. The Hall–Kier alpha value is -2.77. The average molecular weight is 281 g/mol. The number of benzene rings is 1. The molecule has 0 aliphatic carbocycles. The number of carbonyl (C=O) groups excluding carboxylic acids is 2. The van der Waals surface area contributed by atoms with Crippen molar-refractivity contribution in [2.75, 3.05) is 7.05 Å². The van der Waals surface area contributed by atoms with E-state index in [4.69, 9.17) is 0 Å². The molecule has 1 aromatic carbocycles. The fraction of sp³-hybridized carbons (Fsp3) is 0.0833. The molecule has 0 fully saturated rings. The second kappa shape index (κ2) is 5.08. The highest BCUT2D eigenvalue weighted by atomic mass is 19.1. The van der Waals surface area contributed by atoms with Crippen molar-refractivity contribution in [2.24, 2.45) is 0 Å². The summed E-state index contributed by atoms with van der Waals surface area (Å²) in [7, 11) is 1.38. The highest BCUT2D eigenvalue weighted by molar-refractivity contribution is 6.10. The van der Waals surface area contributed by atoms with Crippen molar-refractivity contribution in [3.63, 3.8) is 0 Å². The molecule has 0 unspecified atom stereocenters. The fourth-order valence-corrected chi connectivity index (χ4v) is 1.55. The van der Waals surface area contributed by atoms with Crippen molar-refractivity contribution in [1.82, 2.24) is 15.3 Å². The quantitative estimate of drug-likeness (QED) is 0.731. The zero-order valence-corrected chi connectivity index (χ0v) is 10.2. The summed E-state index contributed by atoms with van der Waals surface area (Å²) in [5, 5.41) is 11.7. The molecule has 0 bridgehead atoms. The van der Waals surface area contributed by atoms with Gasteiger partial charge in [-0.2, -0.15) is 0 Å². The number of aromatic amines is 1. The standard InChI is InChI=1S/C12H9F2N3O3/c1-15-12(20)11-16-4-8(17-11)10(19)6-2-5(13)3-7(14)9(6)18/h2-4,18H,1H3,(H,15,20)(H,16,17). The van der Waals surface area contributed by atoms with Crippen LogP contribution in [0.15, 0.2) is 18.3 Å². The van der Waals surface area contributed by atoms with E-state index in [1.807, 2.05) is 0 Å². The van der Waals surface area contributed by atoms with E-state index in [-0.39, 0.29) is 11.5 Å². The monoisotopic (exact) mass is 281 g/mol. The van der Waals surface area contributed by atoms with Gasteiger partial charge in [-0.15, -0.1) is 0 Å². The first kappa shape index (κ1) is 13.7. The lowest BCUT2D eigenvalue weighted by atomic mass is 10.1. The SMILES string of the molecule is CNC(=O)c1ncc(C(=O)c2cc(F)cc(F)c2O)[nH]1. The molecule has 6 nitrogen and oxygen atoms in total. The van der Waals surface area contributed by atoms with Crippen molar-refractivity contribution >= 4 is 11.7 Å². The van der Waals surface area contributed by atoms with Gasteiger partial charge in [-0.25, -0.2) is 13.8 Å². The highest BCUT2D eigenvalue weighted by Gasteiger charge is 2.21. The molecule has 1 aromatic heterocycles. The summed E-state index contributed by atoms with van der Waals surface area (Å²) in [4.78, 5) is 29.3. The predicted molar refractivity (Wildman–Crippen MR) is 63.4 cm³/mol. The number of phenols is 1. The number of rotatable bonds is 3. The third kappa shape index (κ3) is 2.35. The van der Waals surface area contributed by atoms with Gasteiger partial charge in [-0.1, -0.05) is 0 Å². The predicted octanol–water partition coefficient (Wildman–Crippen LogP) is 0.984. The molecule has 0 aliphatic heterocycles. The molecule has 3 N–H and O–H groups in total. The Morgan fingerprint density at radius 3 is 2.70 bits per heavy atom. The summed E-state index contributed by atoms with van der Waals surface area (Å²) in [6, 6.07) is 1.15. The number of carbonyl (C=O) groups is 2. The largest absolute Gasteiger partial charge is 0.504 e. The van der Waals surface area contributed by atoms with E-state index in [2.05, 4.69) is 15.3 Å². The summed E-state index contributed by atoms with van der Waals surface area (Å²) in [5.41, 5.74) is -0.737. The number of nitrogens with zero attached hydrogens (tertiary/aromatic N) is 1. The molecule has 2 rings (SSSR count). The van der Waals surface area contributed by atoms with Gasteiger partial charge in [0.1, 0.15) is 11.5 Å². The molecule has 2 aromatic rings. The van der Waals surface area contributed by atoms with Crippen LogP contribution in [0.1, 0.15) is 26.7 Å². The van der Waals surface area contributed by atoms with Gasteiger partial charge in [0.2, 0.25) is 5.78 Å². The Morgan fingerprint density at radius 2 is 2.05 bits per heavy atom. The maximum Gasteiger partial charge on any atom is 0.286 e. The molecule has 0 saturated carbocycles. The summed E-state index contributed by atoms with van der Waals surface area (Å²) in [6.45, 7) is 0. The normalized spacial score (nSPS) is 10.3. The van der Waals surface area contributed by atoms with E-state index in [0.717, 1.165) is 6.20 Å². The summed E-state index contributed by atoms with van der Waals surface area (Å²) >= 11 is 0. The number of amides is 1. The van der Waals surface area contributed by atoms with Crippen LogP contribution in [0.5, 0.6) is 5.75 Å². The number of phenolic OH excluding ortho intramolecular Hbond substituents is 1. The first-order chi connectivity index (χ1) is 9.43. The Labute approximate surface area is 111 Å². The lowest BCUT2D eigenvalue weighted by molar-refractivity contribution is 0.0953. The van der Waals surface area contributed by atoms with Crippen LogP contribution in [-0.4, -0.2) is 33.8 Å². The molecular formula is C12H9F2N3O3. The molecule has 1 amide bonds. The average Bonchev–Trinajstić information content (AvgIpc) is 2.90. The lowest BCUT2D eigenvalue weighted by Crippen LogP contribution is -2.19. The third-order valence-corrected chi connectivity index (χ3v) is 2.54. The van der Waals surface area contributed by atoms with Crippen LogP contribution in [0.4, 0.5) is 8.78 Å². The highest BCUT2D eigenvalue weighted by Crippen LogP contribution is 2.24. The van der Waals surface area contributed by atoms with Gasteiger partial charge >= 0.3 is 0 Å². The van der Waals surface area contributed by atoms with Crippen molar-refractivity contribution in [3.05, 3.63) is 47.0 Å². The van der Waals surface area contributed by atoms with Crippen molar-refractivity contribution in [1.29, 1.82) is 0 Å². The lowest BCUT2D eigenvalue weighted by Gasteiger charge is -2.03. The molecule has 0 atom stereocenters. The van der Waals surface area contributed by atoms with Gasteiger partial charge in [0.15, 0.2) is 17.4 Å². The molecule has 0 saturated heterocycles. The Kier molecular flexibility index (Phi) is 3.47. The molecule has 0 spiro atoms. The van der Waals surface area contributed by atoms with E-state index in [1.54, 1.807) is 0 Å². The molecule has 0 aliphatic rings. The number of ketones is 1. The van der Waals surface area contributed by atoms with Crippen molar-refractivity contribution < 1.29 is 23.5 Å². The Balaban J connectivity index is 2.42. The number of H-pyrrole nitrogens is 1. The second-order valence-corrected chi connectivity index (χ2v) is 3.84. The minimum absolute atomic E-state index is 0.132. The number of hydrogen-bond acceptors (Lipinski definition) is 4. The number of imidazole rings is 1. The van der Waals surface area contributed by atoms with Gasteiger partial charge in [0, 0.05) is 13.1 Å². The molecule has 1 heterocycles. The van der Waals surface area contributed by atoms with Crippen molar-refractivity contribution in [3.8, 4) is 5.75 Å². The van der Waals surface area contributed by atoms with Crippen LogP contribution in [0.2, 0.25) is 0 Å². The zero-order chi connectivity index (χ0) is 14.9. The maximum absolute atomic E-state index is 13.2. The van der Waals surface area contributed by atoms with Gasteiger partial charge in [0.05, 0.1) is 11.8 Å². The first-order valence-corrected chi connectivity index (χ1v) is 5.44. The van der Waals surface area contributed by atoms with E-state index in [0.29, 0.717) is 12.1 Å². The summed E-state index contributed by atoms with van der Waals surface area (Å²) in [6.07, 6.45) is 1.04. The molecule has 8 heteroatoms. The fourth-order valence-electron chi connectivity index (χ4n) is 1.55. The zero-order valence-electron chi connectivity index (χ0n) is 10.2. The van der Waals surface area contributed by atoms with E-state index >= 15 is 0 Å². The van der Waals surface area contributed by atoms with Crippen LogP contribution in [0.25, 0.3) is 0 Å². The smallest absolute Gasteiger partial charge is 0.286 e. The number of nitrogens with one attached hydrogen (secondary N) is 2. The molecular weight excluding hydrogens is 272 g/mol. The van der Waals surface area contributed by atoms with E-state index in [1.165, 1.54) is 7.05 Å². The van der Waals surface area contributed by atoms with Gasteiger partial charge in [0.25, 0.3) is 5.91 Å². The second-order valence-electron chi connectivity index (χ2n) is 3.84. The van der Waals surface area contributed by atoms with Crippen LogP contribution >= 0.6 is 0 Å². The summed E-state index contributed by atoms with van der Waals surface area (Å²) < 4.78 is 26.3. The van der Waals surface area contributed by atoms with E-state index < -0.39 is 34.6 Å². The van der Waals surface area contributed by atoms with Crippen LogP contribution < -0.4 is 5.32 Å². The van der Waals surface area contributed by atoms with E-state index in [9.17, 15) is 23.5 Å². The van der Waals surface area contributed by atoms with Crippen LogP contribution in [0.3, 0.4) is 0 Å². The number of aromatic nitrogens is 2. The molecule has 0 radical (unpaired) electrons. The molecule has 104 valence electrons. The van der Waals surface area contributed by atoms with Crippen molar-refractivity contribution in [2.45, 2.75) is 0 Å². The number of aromatic hydroxyl groups is 1. The van der Waals surface area contributed by atoms with Gasteiger partial charge in [-0.05, 0) is 6.07 Å². The Bertz CT molecular complexity index is 697. The minimum atomic E-state index is -1.25. The van der Waals surface area contributed by atoms with Crippen LogP contribution in [0, 0.1) is 11.6 Å². The third-order valence-electron chi connectivity index (χ3n) is 2.54. The topological polar surface area (TPSA) is 95.1 Å². The number of halogens is 2. The van der Waals surface area contributed by atoms with Gasteiger partial charge < -0.3 is 15.4 Å². The van der Waals surface area contributed by atoms with Crippen LogP contribution in [-0.2, 0) is 0 Å². The first-order valence-electron chi connectivity index (χ1n) is 5.44. The molecule has 20 heavy (non-hydrogen) atoms. The number of hydrogen-bond donors (Lipinski definition) is 3.